The lowest BCUT2D eigenvalue weighted by Crippen LogP contribution is -2.25. The molecule has 0 atom stereocenters. The van der Waals surface area contributed by atoms with Crippen LogP contribution < -0.4 is 0 Å². The van der Waals surface area contributed by atoms with Crippen LogP contribution in [-0.4, -0.2) is 9.55 Å². The van der Waals surface area contributed by atoms with Crippen molar-refractivity contribution in [2.45, 2.75) is 5.41 Å². The summed E-state index contributed by atoms with van der Waals surface area (Å²) in [5.41, 5.74) is 16.3. The van der Waals surface area contributed by atoms with E-state index in [0.717, 1.165) is 11.3 Å². The highest BCUT2D eigenvalue weighted by Gasteiger charge is 2.51. The van der Waals surface area contributed by atoms with E-state index in [1.165, 1.54) is 92.1 Å². The smallest absolute Gasteiger partial charge is 0.145 e. The Bertz CT molecular complexity index is 3010. The molecule has 0 N–H and O–H groups in total. The van der Waals surface area contributed by atoms with Gasteiger partial charge in [-0.1, -0.05) is 115 Å². The summed E-state index contributed by atoms with van der Waals surface area (Å²) in [6.07, 6.45) is 1.89. The predicted molar refractivity (Wildman–Crippen MR) is 213 cm³/mol. The van der Waals surface area contributed by atoms with Crippen LogP contribution in [0.3, 0.4) is 0 Å². The largest absolute Gasteiger partial charge is 0.294 e. The van der Waals surface area contributed by atoms with E-state index in [-0.39, 0.29) is 5.41 Å². The van der Waals surface area contributed by atoms with Gasteiger partial charge in [-0.2, -0.15) is 0 Å². The number of pyridine rings is 1. The van der Waals surface area contributed by atoms with Crippen molar-refractivity contribution in [3.63, 3.8) is 0 Å². The molecule has 3 aromatic heterocycles. The summed E-state index contributed by atoms with van der Waals surface area (Å²) in [7, 11) is 0. The van der Waals surface area contributed by atoms with E-state index < -0.39 is 0 Å². The standard InChI is InChI=1S/C48H28N2S/c1-5-15-40-32(10-1)33-11-2-6-16-41(33)48(40)42-17-7-3-12-34(42)38-26-29(19-23-43(38)48)30-20-24-45-39(27-30)36-22-21-31(28-46(36)51-45)50-44-18-8-4-13-35(44)37-14-9-25-49-47(37)50/h1-28H. The van der Waals surface area contributed by atoms with Gasteiger partial charge in [-0.15, -0.1) is 11.3 Å². The van der Waals surface area contributed by atoms with Gasteiger partial charge < -0.3 is 0 Å². The van der Waals surface area contributed by atoms with Crippen LogP contribution >= 0.6 is 11.3 Å². The normalized spacial score (nSPS) is 13.6. The third kappa shape index (κ3) is 3.49. The quantitative estimate of drug-likeness (QED) is 0.180. The third-order valence-corrected chi connectivity index (χ3v) is 12.6. The van der Waals surface area contributed by atoms with Crippen LogP contribution in [0.15, 0.2) is 170 Å². The molecule has 236 valence electrons. The maximum Gasteiger partial charge on any atom is 0.145 e. The monoisotopic (exact) mass is 664 g/mol. The van der Waals surface area contributed by atoms with Gasteiger partial charge in [-0.3, -0.25) is 4.57 Å². The molecule has 51 heavy (non-hydrogen) atoms. The molecule has 2 aliphatic carbocycles. The van der Waals surface area contributed by atoms with Crippen molar-refractivity contribution in [2.75, 3.05) is 0 Å². The molecule has 2 aliphatic rings. The van der Waals surface area contributed by atoms with Crippen LogP contribution in [-0.2, 0) is 5.41 Å². The van der Waals surface area contributed by atoms with Crippen LogP contribution in [0.2, 0.25) is 0 Å². The van der Waals surface area contributed by atoms with E-state index in [0.29, 0.717) is 0 Å². The SMILES string of the molecule is c1ccc2c(c1)-c1ccccc1C21c2ccccc2-c2cc(-c3ccc4sc5cc(-n6c7ccccc7c7cccnc76)ccc5c4c3)ccc21. The fourth-order valence-corrected chi connectivity index (χ4v) is 10.5. The van der Waals surface area contributed by atoms with Crippen LogP contribution in [0.1, 0.15) is 22.3 Å². The lowest BCUT2D eigenvalue weighted by molar-refractivity contribution is 0.794. The zero-order chi connectivity index (χ0) is 33.3. The first-order valence-corrected chi connectivity index (χ1v) is 18.4. The summed E-state index contributed by atoms with van der Waals surface area (Å²) in [5.74, 6) is 0. The number of hydrogen-bond acceptors (Lipinski definition) is 2. The molecule has 2 nitrogen and oxygen atoms in total. The summed E-state index contributed by atoms with van der Waals surface area (Å²) < 4.78 is 4.89. The van der Waals surface area contributed by atoms with Crippen molar-refractivity contribution < 1.29 is 0 Å². The maximum atomic E-state index is 4.81. The molecule has 3 heteroatoms. The van der Waals surface area contributed by atoms with E-state index in [2.05, 4.69) is 162 Å². The lowest BCUT2D eigenvalue weighted by Gasteiger charge is -2.30. The molecule has 3 heterocycles. The highest BCUT2D eigenvalue weighted by atomic mass is 32.1. The van der Waals surface area contributed by atoms with Crippen LogP contribution in [0.5, 0.6) is 0 Å². The summed E-state index contributed by atoms with van der Waals surface area (Å²) in [6.45, 7) is 0. The average Bonchev–Trinajstić information content (AvgIpc) is 3.91. The van der Waals surface area contributed by atoms with Gasteiger partial charge in [0.05, 0.1) is 10.9 Å². The second-order valence-electron chi connectivity index (χ2n) is 13.9. The van der Waals surface area contributed by atoms with Crippen molar-refractivity contribution >= 4 is 53.4 Å². The topological polar surface area (TPSA) is 17.8 Å². The zero-order valence-corrected chi connectivity index (χ0v) is 28.3. The minimum absolute atomic E-state index is 0.311. The number of hydrogen-bond donors (Lipinski definition) is 0. The minimum Gasteiger partial charge on any atom is -0.294 e. The maximum absolute atomic E-state index is 4.81. The molecule has 0 saturated heterocycles. The van der Waals surface area contributed by atoms with Gasteiger partial charge in [0.15, 0.2) is 0 Å². The van der Waals surface area contributed by atoms with E-state index >= 15 is 0 Å². The Morgan fingerprint density at radius 2 is 1.06 bits per heavy atom. The molecule has 0 aliphatic heterocycles. The molecule has 10 aromatic rings. The molecule has 0 fully saturated rings. The van der Waals surface area contributed by atoms with Crippen molar-refractivity contribution in [3.05, 3.63) is 192 Å². The molecule has 0 amide bonds. The Kier molecular flexibility index (Phi) is 5.35. The third-order valence-electron chi connectivity index (χ3n) is 11.5. The minimum atomic E-state index is -0.311. The number of fused-ring (bicyclic) bond motifs is 16. The van der Waals surface area contributed by atoms with E-state index in [1.807, 2.05) is 23.6 Å². The fourth-order valence-electron chi connectivity index (χ4n) is 9.42. The second kappa shape index (κ2) is 9.91. The van der Waals surface area contributed by atoms with Gasteiger partial charge in [-0.25, -0.2) is 4.98 Å². The highest BCUT2D eigenvalue weighted by molar-refractivity contribution is 7.25. The average molecular weight is 665 g/mol. The number of benzene rings is 7. The van der Waals surface area contributed by atoms with Gasteiger partial charge >= 0.3 is 0 Å². The Morgan fingerprint density at radius 1 is 0.431 bits per heavy atom. The van der Waals surface area contributed by atoms with Gasteiger partial charge in [0.1, 0.15) is 5.65 Å². The Balaban J connectivity index is 1.02. The summed E-state index contributed by atoms with van der Waals surface area (Å²) in [6, 6.07) is 61.0. The summed E-state index contributed by atoms with van der Waals surface area (Å²) >= 11 is 1.86. The van der Waals surface area contributed by atoms with Gasteiger partial charge in [-0.05, 0) is 104 Å². The first-order valence-electron chi connectivity index (χ1n) is 17.5. The zero-order valence-electron chi connectivity index (χ0n) is 27.5. The van der Waals surface area contributed by atoms with Crippen molar-refractivity contribution in [3.8, 4) is 39.1 Å². The van der Waals surface area contributed by atoms with Gasteiger partial charge in [0, 0.05) is 42.8 Å². The first kappa shape index (κ1) is 27.5. The Hall–Kier alpha value is -6.29. The van der Waals surface area contributed by atoms with Crippen molar-refractivity contribution in [1.82, 2.24) is 9.55 Å². The highest BCUT2D eigenvalue weighted by Crippen LogP contribution is 2.63. The first-order chi connectivity index (χ1) is 25.3. The number of nitrogens with zero attached hydrogens (tertiary/aromatic N) is 2. The predicted octanol–water partition coefficient (Wildman–Crippen LogP) is 12.6. The van der Waals surface area contributed by atoms with E-state index in [4.69, 9.17) is 4.98 Å². The number of thiophene rings is 1. The number of rotatable bonds is 2. The van der Waals surface area contributed by atoms with Gasteiger partial charge in [0.25, 0.3) is 0 Å². The lowest BCUT2D eigenvalue weighted by atomic mass is 9.70. The molecule has 1 spiro atoms. The van der Waals surface area contributed by atoms with Crippen LogP contribution in [0.4, 0.5) is 0 Å². The number of para-hydroxylation sites is 1. The summed E-state index contributed by atoms with van der Waals surface area (Å²) in [5, 5.41) is 5.00. The van der Waals surface area contributed by atoms with E-state index in [9.17, 15) is 0 Å². The molecular weight excluding hydrogens is 637 g/mol. The molecule has 7 aromatic carbocycles. The fraction of sp³-hybridized carbons (Fsp3) is 0.0208. The Labute approximate surface area is 298 Å². The second-order valence-corrected chi connectivity index (χ2v) is 15.0. The molecular formula is C48H28N2S. The Morgan fingerprint density at radius 3 is 1.84 bits per heavy atom. The molecule has 0 radical (unpaired) electrons. The van der Waals surface area contributed by atoms with E-state index in [1.54, 1.807) is 0 Å². The number of aromatic nitrogens is 2. The van der Waals surface area contributed by atoms with Crippen LogP contribution in [0, 0.1) is 0 Å². The molecule has 0 saturated carbocycles. The molecule has 0 bridgehead atoms. The molecule has 12 rings (SSSR count). The van der Waals surface area contributed by atoms with Crippen molar-refractivity contribution in [1.29, 1.82) is 0 Å². The molecule has 0 unspecified atom stereocenters. The van der Waals surface area contributed by atoms with Gasteiger partial charge in [0.2, 0.25) is 0 Å². The van der Waals surface area contributed by atoms with Crippen molar-refractivity contribution in [2.24, 2.45) is 0 Å². The summed E-state index contributed by atoms with van der Waals surface area (Å²) in [4.78, 5) is 4.81. The van der Waals surface area contributed by atoms with Crippen LogP contribution in [0.25, 0.3) is 81.2 Å².